The molecule has 9 heteroatoms. The molecule has 0 radical (unpaired) electrons. The molecule has 3 aromatic heterocycles. The number of carbonyl (C=O) groups is 1. The van der Waals surface area contributed by atoms with Crippen LogP contribution in [0.4, 0.5) is 16.0 Å². The number of hydrogen-bond donors (Lipinski definition) is 1. The summed E-state index contributed by atoms with van der Waals surface area (Å²) in [5.41, 5.74) is 1.40. The van der Waals surface area contributed by atoms with Gasteiger partial charge in [0.1, 0.15) is 18.3 Å². The van der Waals surface area contributed by atoms with E-state index in [0.717, 1.165) is 48.3 Å². The maximum atomic E-state index is 12.9. The van der Waals surface area contributed by atoms with Crippen LogP contribution in [0, 0.1) is 0 Å². The third-order valence-corrected chi connectivity index (χ3v) is 5.78. The van der Waals surface area contributed by atoms with Crippen LogP contribution in [0.2, 0.25) is 0 Å². The van der Waals surface area contributed by atoms with E-state index in [1.165, 1.54) is 6.39 Å². The van der Waals surface area contributed by atoms with Gasteiger partial charge in [0.2, 0.25) is 0 Å². The Morgan fingerprint density at radius 1 is 1.03 bits per heavy atom. The largest absolute Gasteiger partial charge is 0.444 e. The van der Waals surface area contributed by atoms with Crippen molar-refractivity contribution in [3.63, 3.8) is 0 Å². The van der Waals surface area contributed by atoms with Gasteiger partial charge in [0.15, 0.2) is 12.2 Å². The van der Waals surface area contributed by atoms with Gasteiger partial charge >= 0.3 is 0 Å². The lowest BCUT2D eigenvalue weighted by atomic mass is 10.1. The molecule has 1 amide bonds. The van der Waals surface area contributed by atoms with Gasteiger partial charge in [0.05, 0.1) is 6.20 Å². The van der Waals surface area contributed by atoms with Crippen molar-refractivity contribution >= 4 is 28.3 Å². The quantitative estimate of drug-likeness (QED) is 0.484. The summed E-state index contributed by atoms with van der Waals surface area (Å²) in [4.78, 5) is 29.9. The van der Waals surface area contributed by atoms with Gasteiger partial charge < -0.3 is 14.6 Å². The number of hydrogen-bond acceptors (Lipinski definition) is 7. The molecule has 0 unspecified atom stereocenters. The Balaban J connectivity index is 1.31. The topological polar surface area (TPSA) is 87.4 Å². The number of benzene rings is 1. The molecule has 1 aliphatic rings. The highest BCUT2D eigenvalue weighted by atomic mass is 19.1. The van der Waals surface area contributed by atoms with Crippen LogP contribution in [0.15, 0.2) is 65.8 Å². The SMILES string of the molecule is O=C(Nc1cc2cc(-c3cnco3)ccc2cn1)c1ccnc(N2CCN(CCF)CC2)c1. The number of halogens is 1. The first-order valence-electron chi connectivity index (χ1n) is 10.8. The van der Waals surface area contributed by atoms with E-state index < -0.39 is 0 Å². The summed E-state index contributed by atoms with van der Waals surface area (Å²) in [5, 5.41) is 4.76. The molecule has 168 valence electrons. The minimum atomic E-state index is -0.335. The zero-order valence-corrected chi connectivity index (χ0v) is 17.9. The smallest absolute Gasteiger partial charge is 0.257 e. The predicted molar refractivity (Wildman–Crippen MR) is 124 cm³/mol. The maximum absolute atomic E-state index is 12.9. The normalized spacial score (nSPS) is 14.5. The average molecular weight is 446 g/mol. The molecule has 0 saturated carbocycles. The van der Waals surface area contributed by atoms with Gasteiger partial charge in [-0.3, -0.25) is 9.69 Å². The van der Waals surface area contributed by atoms with Crippen molar-refractivity contribution < 1.29 is 13.6 Å². The molecule has 5 rings (SSSR count). The van der Waals surface area contributed by atoms with Crippen molar-refractivity contribution in [3.05, 3.63) is 66.9 Å². The van der Waals surface area contributed by atoms with Gasteiger partial charge in [0, 0.05) is 61.6 Å². The van der Waals surface area contributed by atoms with Gasteiger partial charge in [-0.05, 0) is 29.7 Å². The molecular weight excluding hydrogens is 423 g/mol. The van der Waals surface area contributed by atoms with Crippen LogP contribution in [0.5, 0.6) is 0 Å². The summed E-state index contributed by atoms with van der Waals surface area (Å²) in [5.74, 6) is 1.62. The third kappa shape index (κ3) is 4.68. The number of carbonyl (C=O) groups excluding carboxylic acids is 1. The van der Waals surface area contributed by atoms with E-state index in [4.69, 9.17) is 4.42 Å². The van der Waals surface area contributed by atoms with E-state index in [9.17, 15) is 9.18 Å². The number of piperazine rings is 1. The third-order valence-electron chi connectivity index (χ3n) is 5.78. The van der Waals surface area contributed by atoms with Gasteiger partial charge in [0.25, 0.3) is 5.91 Å². The summed E-state index contributed by atoms with van der Waals surface area (Å²) in [6.07, 6.45) is 6.41. The van der Waals surface area contributed by atoms with Gasteiger partial charge in [-0.1, -0.05) is 12.1 Å². The number of fused-ring (bicyclic) bond motifs is 1. The molecule has 1 aliphatic heterocycles. The molecule has 4 aromatic rings. The molecule has 8 nitrogen and oxygen atoms in total. The second-order valence-electron chi connectivity index (χ2n) is 7.87. The monoisotopic (exact) mass is 446 g/mol. The Morgan fingerprint density at radius 2 is 1.91 bits per heavy atom. The first-order valence-corrected chi connectivity index (χ1v) is 10.8. The lowest BCUT2D eigenvalue weighted by Crippen LogP contribution is -2.47. The molecule has 1 aromatic carbocycles. The summed E-state index contributed by atoms with van der Waals surface area (Å²) >= 11 is 0. The average Bonchev–Trinajstić information content (AvgIpc) is 3.39. The fourth-order valence-electron chi connectivity index (χ4n) is 3.96. The van der Waals surface area contributed by atoms with E-state index in [2.05, 4.69) is 30.1 Å². The highest BCUT2D eigenvalue weighted by Crippen LogP contribution is 2.25. The number of amides is 1. The Hall–Kier alpha value is -3.85. The highest BCUT2D eigenvalue weighted by molar-refractivity contribution is 6.05. The molecule has 0 bridgehead atoms. The number of nitrogens with one attached hydrogen (secondary N) is 1. The zero-order chi connectivity index (χ0) is 22.6. The molecule has 0 spiro atoms. The zero-order valence-electron chi connectivity index (χ0n) is 17.9. The first kappa shape index (κ1) is 21.0. The van der Waals surface area contributed by atoms with E-state index in [1.807, 2.05) is 24.3 Å². The van der Waals surface area contributed by atoms with Crippen molar-refractivity contribution in [2.45, 2.75) is 0 Å². The molecule has 0 aliphatic carbocycles. The predicted octanol–water partition coefficient (Wildman–Crippen LogP) is 3.63. The van der Waals surface area contributed by atoms with Crippen LogP contribution in [0.25, 0.3) is 22.1 Å². The first-order chi connectivity index (χ1) is 16.2. The van der Waals surface area contributed by atoms with Crippen LogP contribution < -0.4 is 10.2 Å². The summed E-state index contributed by atoms with van der Waals surface area (Å²) in [6.45, 7) is 3.17. The number of aromatic nitrogens is 3. The molecule has 4 heterocycles. The molecule has 1 fully saturated rings. The van der Waals surface area contributed by atoms with Crippen LogP contribution in [0.1, 0.15) is 10.4 Å². The second-order valence-corrected chi connectivity index (χ2v) is 7.87. The number of rotatable bonds is 6. The summed E-state index contributed by atoms with van der Waals surface area (Å²) in [6, 6.07) is 11.2. The van der Waals surface area contributed by atoms with Crippen molar-refractivity contribution in [1.29, 1.82) is 0 Å². The minimum Gasteiger partial charge on any atom is -0.444 e. The fourth-order valence-corrected chi connectivity index (χ4v) is 3.96. The minimum absolute atomic E-state index is 0.257. The fraction of sp³-hybridized carbons (Fsp3) is 0.250. The number of nitrogens with zero attached hydrogens (tertiary/aromatic N) is 5. The number of anilines is 2. The van der Waals surface area contributed by atoms with Crippen LogP contribution in [0.3, 0.4) is 0 Å². The Kier molecular flexibility index (Phi) is 5.95. The Morgan fingerprint density at radius 3 is 2.70 bits per heavy atom. The molecule has 33 heavy (non-hydrogen) atoms. The molecule has 1 N–H and O–H groups in total. The van der Waals surface area contributed by atoms with Crippen LogP contribution >= 0.6 is 0 Å². The molecular formula is C24H23FN6O2. The maximum Gasteiger partial charge on any atom is 0.257 e. The number of pyridine rings is 2. The second kappa shape index (κ2) is 9.33. The Labute approximate surface area is 190 Å². The van der Waals surface area contributed by atoms with Crippen molar-refractivity contribution in [2.75, 3.05) is 49.6 Å². The standard InChI is InChI=1S/C24H23FN6O2/c25-4-6-30-7-9-31(10-8-30)23-13-18(3-5-27-23)24(32)29-22-12-20-11-17(21-15-26-16-33-21)1-2-19(20)14-28-22/h1-3,5,11-16H,4,6-10H2,(H,28,29,32). The van der Waals surface area contributed by atoms with Gasteiger partial charge in [-0.15, -0.1) is 0 Å². The Bertz CT molecular complexity index is 1260. The van der Waals surface area contributed by atoms with Gasteiger partial charge in [-0.25, -0.2) is 19.3 Å². The van der Waals surface area contributed by atoms with Crippen molar-refractivity contribution in [1.82, 2.24) is 19.9 Å². The van der Waals surface area contributed by atoms with Crippen LogP contribution in [-0.2, 0) is 0 Å². The van der Waals surface area contributed by atoms with Crippen molar-refractivity contribution in [3.8, 4) is 11.3 Å². The van der Waals surface area contributed by atoms with E-state index in [-0.39, 0.29) is 12.6 Å². The van der Waals surface area contributed by atoms with Crippen LogP contribution in [-0.4, -0.2) is 65.2 Å². The van der Waals surface area contributed by atoms with E-state index in [1.54, 1.807) is 30.7 Å². The molecule has 1 saturated heterocycles. The number of oxazole rings is 1. The van der Waals surface area contributed by atoms with Gasteiger partial charge in [-0.2, -0.15) is 0 Å². The lowest BCUT2D eigenvalue weighted by Gasteiger charge is -2.35. The highest BCUT2D eigenvalue weighted by Gasteiger charge is 2.19. The summed E-state index contributed by atoms with van der Waals surface area (Å²) < 4.78 is 17.9. The lowest BCUT2D eigenvalue weighted by molar-refractivity contribution is 0.102. The molecule has 0 atom stereocenters. The van der Waals surface area contributed by atoms with Crippen molar-refractivity contribution in [2.24, 2.45) is 0 Å². The number of alkyl halides is 1. The van der Waals surface area contributed by atoms with E-state index in [0.29, 0.717) is 23.7 Å². The summed E-state index contributed by atoms with van der Waals surface area (Å²) in [7, 11) is 0. The van der Waals surface area contributed by atoms with E-state index >= 15 is 0 Å².